The summed E-state index contributed by atoms with van der Waals surface area (Å²) in [5.41, 5.74) is 8.92. The standard InChI is InChI=1S/C33H33N/c1-26-24-27(25-32(28-14-6-2-7-15-28)29-16-8-3-9-17-29)22-23-33(26)34(30-18-10-4-11-19-30)31-20-12-5-13-21-31/h2-4,6-11,14-19,22-25,31H,5,12-13,20-21H2,1H3. The summed E-state index contributed by atoms with van der Waals surface area (Å²) in [6.45, 7) is 2.26. The molecule has 1 aliphatic carbocycles. The van der Waals surface area contributed by atoms with Crippen LogP contribution in [0.1, 0.15) is 54.4 Å². The second-order valence-electron chi connectivity index (χ2n) is 9.33. The minimum absolute atomic E-state index is 0.570. The molecule has 4 aromatic rings. The van der Waals surface area contributed by atoms with E-state index in [4.69, 9.17) is 0 Å². The third kappa shape index (κ3) is 4.99. The predicted molar refractivity (Wildman–Crippen MR) is 146 cm³/mol. The molecule has 0 bridgehead atoms. The molecule has 1 heteroatoms. The SMILES string of the molecule is Cc1cc(C=C(c2ccccc2)c2ccccc2)ccc1N(c1ccccc1)C1CCCCC1. The van der Waals surface area contributed by atoms with Crippen molar-refractivity contribution in [3.05, 3.63) is 131 Å². The minimum Gasteiger partial charge on any atom is -0.338 e. The van der Waals surface area contributed by atoms with Crippen LogP contribution in [0.25, 0.3) is 11.6 Å². The summed E-state index contributed by atoms with van der Waals surface area (Å²) >= 11 is 0. The summed E-state index contributed by atoms with van der Waals surface area (Å²) in [7, 11) is 0. The quantitative estimate of drug-likeness (QED) is 0.269. The molecule has 0 atom stereocenters. The van der Waals surface area contributed by atoms with E-state index in [-0.39, 0.29) is 0 Å². The van der Waals surface area contributed by atoms with E-state index >= 15 is 0 Å². The molecule has 0 N–H and O–H groups in total. The van der Waals surface area contributed by atoms with E-state index in [1.54, 1.807) is 0 Å². The predicted octanol–water partition coefficient (Wildman–Crippen LogP) is 9.05. The zero-order valence-corrected chi connectivity index (χ0v) is 20.0. The second-order valence-corrected chi connectivity index (χ2v) is 9.33. The van der Waals surface area contributed by atoms with Crippen LogP contribution in [0.5, 0.6) is 0 Å². The molecule has 0 aromatic heterocycles. The van der Waals surface area contributed by atoms with Crippen LogP contribution in [0.2, 0.25) is 0 Å². The number of nitrogens with zero attached hydrogens (tertiary/aromatic N) is 1. The first-order chi connectivity index (χ1) is 16.8. The highest BCUT2D eigenvalue weighted by molar-refractivity contribution is 5.91. The van der Waals surface area contributed by atoms with Gasteiger partial charge in [-0.3, -0.25) is 0 Å². The molecule has 5 rings (SSSR count). The molecular formula is C33H33N. The van der Waals surface area contributed by atoms with E-state index in [2.05, 4.69) is 127 Å². The van der Waals surface area contributed by atoms with Gasteiger partial charge in [0.2, 0.25) is 0 Å². The molecule has 0 heterocycles. The van der Waals surface area contributed by atoms with Crippen LogP contribution < -0.4 is 4.90 Å². The largest absolute Gasteiger partial charge is 0.338 e. The lowest BCUT2D eigenvalue weighted by Crippen LogP contribution is -2.33. The first-order valence-electron chi connectivity index (χ1n) is 12.6. The maximum atomic E-state index is 2.59. The number of aryl methyl sites for hydroxylation is 1. The number of benzene rings is 4. The molecule has 0 saturated heterocycles. The van der Waals surface area contributed by atoms with Crippen LogP contribution in [0.3, 0.4) is 0 Å². The van der Waals surface area contributed by atoms with Gasteiger partial charge in [0, 0.05) is 17.4 Å². The molecule has 1 aliphatic rings. The summed E-state index contributed by atoms with van der Waals surface area (Å²) in [6, 6.07) is 39.9. The Bertz CT molecular complexity index is 1180. The van der Waals surface area contributed by atoms with Crippen LogP contribution in [-0.4, -0.2) is 6.04 Å². The fraction of sp³-hybridized carbons (Fsp3) is 0.212. The smallest absolute Gasteiger partial charge is 0.0443 e. The molecule has 1 nitrogen and oxygen atoms in total. The van der Waals surface area contributed by atoms with E-state index in [1.165, 1.54) is 71.3 Å². The van der Waals surface area contributed by atoms with Gasteiger partial charge < -0.3 is 4.90 Å². The fourth-order valence-corrected chi connectivity index (χ4v) is 5.25. The number of para-hydroxylation sites is 1. The van der Waals surface area contributed by atoms with E-state index in [1.807, 2.05) is 0 Å². The Morgan fingerprint density at radius 1 is 0.676 bits per heavy atom. The van der Waals surface area contributed by atoms with Gasteiger partial charge in [-0.25, -0.2) is 0 Å². The fourth-order valence-electron chi connectivity index (χ4n) is 5.25. The van der Waals surface area contributed by atoms with Gasteiger partial charge in [0.05, 0.1) is 0 Å². The van der Waals surface area contributed by atoms with Crippen LogP contribution in [-0.2, 0) is 0 Å². The summed E-state index contributed by atoms with van der Waals surface area (Å²) in [6.07, 6.45) is 8.87. The van der Waals surface area contributed by atoms with Crippen molar-refractivity contribution in [3.63, 3.8) is 0 Å². The zero-order valence-electron chi connectivity index (χ0n) is 20.0. The Kier molecular flexibility index (Phi) is 6.91. The van der Waals surface area contributed by atoms with Gasteiger partial charge in [-0.05, 0) is 77.9 Å². The minimum atomic E-state index is 0.570. The Morgan fingerprint density at radius 3 is 1.79 bits per heavy atom. The lowest BCUT2D eigenvalue weighted by atomic mass is 9.92. The average molecular weight is 444 g/mol. The van der Waals surface area contributed by atoms with Crippen molar-refractivity contribution in [3.8, 4) is 0 Å². The number of anilines is 2. The van der Waals surface area contributed by atoms with Crippen molar-refractivity contribution in [2.75, 3.05) is 4.90 Å². The monoisotopic (exact) mass is 443 g/mol. The van der Waals surface area contributed by atoms with Gasteiger partial charge in [0.15, 0.2) is 0 Å². The first kappa shape index (κ1) is 22.2. The van der Waals surface area contributed by atoms with Gasteiger partial charge in [0.1, 0.15) is 0 Å². The summed E-state index contributed by atoms with van der Waals surface area (Å²) in [5.74, 6) is 0. The van der Waals surface area contributed by atoms with Crippen molar-refractivity contribution in [2.24, 2.45) is 0 Å². The summed E-state index contributed by atoms with van der Waals surface area (Å²) in [4.78, 5) is 2.59. The highest BCUT2D eigenvalue weighted by atomic mass is 15.2. The van der Waals surface area contributed by atoms with Crippen molar-refractivity contribution in [2.45, 2.75) is 45.1 Å². The lowest BCUT2D eigenvalue weighted by Gasteiger charge is -2.37. The first-order valence-corrected chi connectivity index (χ1v) is 12.6. The van der Waals surface area contributed by atoms with Gasteiger partial charge in [-0.15, -0.1) is 0 Å². The van der Waals surface area contributed by atoms with Crippen LogP contribution in [0, 0.1) is 6.92 Å². The highest BCUT2D eigenvalue weighted by Gasteiger charge is 2.24. The molecule has 4 aromatic carbocycles. The van der Waals surface area contributed by atoms with Gasteiger partial charge in [-0.2, -0.15) is 0 Å². The molecule has 0 radical (unpaired) electrons. The molecule has 0 unspecified atom stereocenters. The van der Waals surface area contributed by atoms with E-state index in [0.717, 1.165) is 0 Å². The Morgan fingerprint density at radius 2 is 1.24 bits per heavy atom. The average Bonchev–Trinajstić information content (AvgIpc) is 2.91. The van der Waals surface area contributed by atoms with E-state index < -0.39 is 0 Å². The maximum absolute atomic E-state index is 2.59. The van der Waals surface area contributed by atoms with Crippen molar-refractivity contribution < 1.29 is 0 Å². The van der Waals surface area contributed by atoms with Gasteiger partial charge in [0.25, 0.3) is 0 Å². The van der Waals surface area contributed by atoms with Gasteiger partial charge in [-0.1, -0.05) is 104 Å². The van der Waals surface area contributed by atoms with Crippen LogP contribution in [0.15, 0.2) is 109 Å². The maximum Gasteiger partial charge on any atom is 0.0443 e. The summed E-state index contributed by atoms with van der Waals surface area (Å²) in [5, 5.41) is 0. The van der Waals surface area contributed by atoms with Crippen LogP contribution >= 0.6 is 0 Å². The Balaban J connectivity index is 1.55. The third-order valence-electron chi connectivity index (χ3n) is 6.94. The van der Waals surface area contributed by atoms with Gasteiger partial charge >= 0.3 is 0 Å². The molecule has 170 valence electrons. The molecule has 0 aliphatic heterocycles. The Hall–Kier alpha value is -3.58. The van der Waals surface area contributed by atoms with Crippen molar-refractivity contribution in [1.29, 1.82) is 0 Å². The lowest BCUT2D eigenvalue weighted by molar-refractivity contribution is 0.436. The third-order valence-corrected chi connectivity index (χ3v) is 6.94. The summed E-state index contributed by atoms with van der Waals surface area (Å²) < 4.78 is 0. The highest BCUT2D eigenvalue weighted by Crippen LogP contribution is 2.37. The normalized spacial score (nSPS) is 13.9. The molecule has 1 saturated carbocycles. The molecule has 0 amide bonds. The zero-order chi connectivity index (χ0) is 23.2. The molecule has 34 heavy (non-hydrogen) atoms. The van der Waals surface area contributed by atoms with Crippen LogP contribution in [0.4, 0.5) is 11.4 Å². The molecular weight excluding hydrogens is 410 g/mol. The van der Waals surface area contributed by atoms with E-state index in [0.29, 0.717) is 6.04 Å². The second kappa shape index (κ2) is 10.6. The van der Waals surface area contributed by atoms with Crippen molar-refractivity contribution in [1.82, 2.24) is 0 Å². The van der Waals surface area contributed by atoms with E-state index in [9.17, 15) is 0 Å². The number of hydrogen-bond acceptors (Lipinski definition) is 1. The molecule has 1 fully saturated rings. The number of rotatable bonds is 6. The Labute approximate surface area is 204 Å². The number of hydrogen-bond donors (Lipinski definition) is 0. The topological polar surface area (TPSA) is 3.24 Å². The van der Waals surface area contributed by atoms with Crippen molar-refractivity contribution >= 4 is 23.0 Å². The molecule has 0 spiro atoms.